The number of hydrogen-bond acceptors (Lipinski definition) is 3. The lowest BCUT2D eigenvalue weighted by Crippen LogP contribution is -2.14. The van der Waals surface area contributed by atoms with Crippen LogP contribution in [0.2, 0.25) is 5.02 Å². The molecule has 0 saturated carbocycles. The van der Waals surface area contributed by atoms with Crippen LogP contribution in [-0.2, 0) is 16.4 Å². The fraction of sp³-hybridized carbons (Fsp3) is 0.143. The van der Waals surface area contributed by atoms with E-state index in [9.17, 15) is 12.8 Å². The number of benzene rings is 2. The molecule has 112 valence electrons. The fourth-order valence-corrected chi connectivity index (χ4v) is 2.97. The van der Waals surface area contributed by atoms with Crippen molar-refractivity contribution < 1.29 is 17.9 Å². The smallest absolute Gasteiger partial charge is 0.261 e. The minimum absolute atomic E-state index is 0.00330. The van der Waals surface area contributed by atoms with Crippen LogP contribution in [0.3, 0.4) is 0 Å². The van der Waals surface area contributed by atoms with Gasteiger partial charge in [0.1, 0.15) is 5.82 Å². The Hall–Kier alpha value is -1.63. The lowest BCUT2D eigenvalue weighted by molar-refractivity contribution is 0.299. The largest absolute Gasteiger partial charge is 0.396 e. The highest BCUT2D eigenvalue weighted by Crippen LogP contribution is 2.23. The normalized spacial score (nSPS) is 11.4. The first kappa shape index (κ1) is 15.8. The number of nitrogens with one attached hydrogen (secondary N) is 1. The summed E-state index contributed by atoms with van der Waals surface area (Å²) in [5, 5.41) is 9.04. The minimum Gasteiger partial charge on any atom is -0.396 e. The van der Waals surface area contributed by atoms with Gasteiger partial charge in [0.15, 0.2) is 0 Å². The summed E-state index contributed by atoms with van der Waals surface area (Å²) in [6.07, 6.45) is 0.441. The minimum atomic E-state index is -3.90. The summed E-state index contributed by atoms with van der Waals surface area (Å²) in [6, 6.07) is 9.61. The molecule has 0 unspecified atom stereocenters. The molecular formula is C14H13ClFNO3S. The zero-order valence-corrected chi connectivity index (χ0v) is 12.5. The summed E-state index contributed by atoms with van der Waals surface area (Å²) in [6.45, 7) is -0.0158. The van der Waals surface area contributed by atoms with Crippen LogP contribution in [0.4, 0.5) is 10.1 Å². The van der Waals surface area contributed by atoms with Gasteiger partial charge in [-0.25, -0.2) is 12.8 Å². The summed E-state index contributed by atoms with van der Waals surface area (Å²) in [4.78, 5) is 0.00330. The van der Waals surface area contributed by atoms with Gasteiger partial charge >= 0.3 is 0 Å². The average Bonchev–Trinajstić information content (AvgIpc) is 2.44. The summed E-state index contributed by atoms with van der Waals surface area (Å²) < 4.78 is 40.1. The number of halogens is 2. The monoisotopic (exact) mass is 329 g/mol. The van der Waals surface area contributed by atoms with Crippen molar-refractivity contribution in [3.63, 3.8) is 0 Å². The molecule has 0 aromatic heterocycles. The lowest BCUT2D eigenvalue weighted by Gasteiger charge is -2.10. The predicted octanol–water partition coefficient (Wildman–Crippen LogP) is 2.81. The van der Waals surface area contributed by atoms with Gasteiger partial charge in [-0.15, -0.1) is 0 Å². The number of aliphatic hydroxyl groups excluding tert-OH is 1. The lowest BCUT2D eigenvalue weighted by atomic mass is 10.2. The van der Waals surface area contributed by atoms with E-state index in [1.54, 1.807) is 12.1 Å². The second-order valence-corrected chi connectivity index (χ2v) is 6.47. The van der Waals surface area contributed by atoms with Crippen LogP contribution < -0.4 is 4.72 Å². The molecule has 0 aliphatic rings. The van der Waals surface area contributed by atoms with Crippen LogP contribution in [0.25, 0.3) is 0 Å². The first-order chi connectivity index (χ1) is 9.92. The number of anilines is 1. The van der Waals surface area contributed by atoms with Crippen molar-refractivity contribution >= 4 is 27.3 Å². The maximum atomic E-state index is 13.6. The van der Waals surface area contributed by atoms with Crippen LogP contribution in [-0.4, -0.2) is 20.1 Å². The van der Waals surface area contributed by atoms with Crippen LogP contribution in [0.15, 0.2) is 47.4 Å². The molecule has 0 aliphatic heterocycles. The molecule has 0 fully saturated rings. The number of hydrogen-bond donors (Lipinski definition) is 2. The van der Waals surface area contributed by atoms with Crippen LogP contribution >= 0.6 is 11.6 Å². The van der Waals surface area contributed by atoms with E-state index >= 15 is 0 Å². The van der Waals surface area contributed by atoms with Gasteiger partial charge in [-0.2, -0.15) is 0 Å². The quantitative estimate of drug-likeness (QED) is 0.886. The molecule has 0 saturated heterocycles. The maximum absolute atomic E-state index is 13.6. The van der Waals surface area contributed by atoms with Crippen molar-refractivity contribution in [2.45, 2.75) is 11.3 Å². The Kier molecular flexibility index (Phi) is 4.82. The van der Waals surface area contributed by atoms with E-state index in [1.165, 1.54) is 24.3 Å². The van der Waals surface area contributed by atoms with Crippen LogP contribution in [0.1, 0.15) is 5.56 Å². The Morgan fingerprint density at radius 1 is 1.14 bits per heavy atom. The third-order valence-corrected chi connectivity index (χ3v) is 4.42. The zero-order valence-electron chi connectivity index (χ0n) is 10.9. The van der Waals surface area contributed by atoms with E-state index in [0.29, 0.717) is 6.42 Å². The Labute approximate surface area is 127 Å². The van der Waals surface area contributed by atoms with Crippen molar-refractivity contribution in [1.29, 1.82) is 0 Å². The molecule has 2 aromatic carbocycles. The number of aliphatic hydroxyl groups is 1. The van der Waals surface area contributed by atoms with Crippen molar-refractivity contribution in [1.82, 2.24) is 0 Å². The molecule has 7 heteroatoms. The van der Waals surface area contributed by atoms with Gasteiger partial charge in [0, 0.05) is 11.6 Å². The molecule has 0 bridgehead atoms. The molecule has 0 spiro atoms. The maximum Gasteiger partial charge on any atom is 0.261 e. The van der Waals surface area contributed by atoms with Gasteiger partial charge in [-0.1, -0.05) is 23.7 Å². The molecule has 21 heavy (non-hydrogen) atoms. The third-order valence-electron chi connectivity index (χ3n) is 2.81. The third kappa shape index (κ3) is 3.93. The van der Waals surface area contributed by atoms with E-state index in [2.05, 4.69) is 4.72 Å². The standard InChI is InChI=1S/C14H13ClFNO3S/c15-11-3-6-13(16)14(9-11)17-21(19,20)12-4-1-10(2-5-12)7-8-18/h1-6,9,17-18H,7-8H2. The van der Waals surface area contributed by atoms with Crippen LogP contribution in [0, 0.1) is 5.82 Å². The molecule has 0 atom stereocenters. The van der Waals surface area contributed by atoms with Crippen molar-refractivity contribution in [3.05, 3.63) is 58.9 Å². The van der Waals surface area contributed by atoms with Gasteiger partial charge in [-0.3, -0.25) is 4.72 Å². The van der Waals surface area contributed by atoms with Gasteiger partial charge in [-0.05, 0) is 42.3 Å². The van der Waals surface area contributed by atoms with Gasteiger partial charge < -0.3 is 5.11 Å². The van der Waals surface area contributed by atoms with Gasteiger partial charge in [0.25, 0.3) is 10.0 Å². The fourth-order valence-electron chi connectivity index (χ4n) is 1.74. The Balaban J connectivity index is 2.27. The van der Waals surface area contributed by atoms with Crippen molar-refractivity contribution in [3.8, 4) is 0 Å². The highest BCUT2D eigenvalue weighted by atomic mass is 35.5. The van der Waals surface area contributed by atoms with E-state index in [0.717, 1.165) is 11.6 Å². The van der Waals surface area contributed by atoms with E-state index in [1.807, 2.05) is 0 Å². The first-order valence-corrected chi connectivity index (χ1v) is 7.96. The first-order valence-electron chi connectivity index (χ1n) is 6.10. The molecule has 2 aromatic rings. The second-order valence-electron chi connectivity index (χ2n) is 4.35. The summed E-state index contributed by atoms with van der Waals surface area (Å²) in [7, 11) is -3.90. The topological polar surface area (TPSA) is 66.4 Å². The molecular weight excluding hydrogens is 317 g/mol. The van der Waals surface area contributed by atoms with E-state index in [-0.39, 0.29) is 22.2 Å². The van der Waals surface area contributed by atoms with Crippen molar-refractivity contribution in [2.75, 3.05) is 11.3 Å². The molecule has 4 nitrogen and oxygen atoms in total. The summed E-state index contributed by atoms with van der Waals surface area (Å²) in [5.74, 6) is -0.708. The Bertz CT molecular complexity index is 732. The highest BCUT2D eigenvalue weighted by molar-refractivity contribution is 7.92. The Morgan fingerprint density at radius 3 is 2.43 bits per heavy atom. The SMILES string of the molecule is O=S(=O)(Nc1cc(Cl)ccc1F)c1ccc(CCO)cc1. The Morgan fingerprint density at radius 2 is 1.81 bits per heavy atom. The zero-order chi connectivity index (χ0) is 15.5. The van der Waals surface area contributed by atoms with Gasteiger partial charge in [0.2, 0.25) is 0 Å². The van der Waals surface area contributed by atoms with Gasteiger partial charge in [0.05, 0.1) is 10.6 Å². The van der Waals surface area contributed by atoms with Crippen LogP contribution in [0.5, 0.6) is 0 Å². The summed E-state index contributed by atoms with van der Waals surface area (Å²) in [5.41, 5.74) is 0.604. The summed E-state index contributed by atoms with van der Waals surface area (Å²) >= 11 is 5.72. The van der Waals surface area contributed by atoms with E-state index < -0.39 is 15.8 Å². The molecule has 0 amide bonds. The predicted molar refractivity (Wildman–Crippen MR) is 79.5 cm³/mol. The number of rotatable bonds is 5. The molecule has 2 rings (SSSR count). The number of sulfonamides is 1. The molecule has 0 aliphatic carbocycles. The molecule has 0 heterocycles. The molecule has 0 radical (unpaired) electrons. The average molecular weight is 330 g/mol. The second kappa shape index (κ2) is 6.43. The van der Waals surface area contributed by atoms with Crippen molar-refractivity contribution in [2.24, 2.45) is 0 Å². The highest BCUT2D eigenvalue weighted by Gasteiger charge is 2.16. The van der Waals surface area contributed by atoms with E-state index in [4.69, 9.17) is 16.7 Å². The molecule has 2 N–H and O–H groups in total.